The van der Waals surface area contributed by atoms with E-state index in [1.807, 2.05) is 0 Å². The molecule has 0 aromatic carbocycles. The van der Waals surface area contributed by atoms with E-state index >= 15 is 0 Å². The predicted octanol–water partition coefficient (Wildman–Crippen LogP) is -4.96. The Balaban J connectivity index is 2.16. The summed E-state index contributed by atoms with van der Waals surface area (Å²) in [4.78, 5) is 11.8. The highest BCUT2D eigenvalue weighted by atomic mass is 16.7. The van der Waals surface area contributed by atoms with E-state index in [9.17, 15) is 40.5 Å². The standard InChI is InChI=1S/C16H29NO11/c1-5(15(25)17-2)13-10(22)11(23)14(7(4-19)26-13)28-16-12(24)9(21)8(20)6(3-18)27-16/h5-14,16,18-24H,3-4H2,1-2H3,(H,17,25)/t5?,6-,7-,8+,9+,10-,11-,12-,13?,14-,16?/m1/s1. The van der Waals surface area contributed by atoms with E-state index in [0.29, 0.717) is 0 Å². The lowest BCUT2D eigenvalue weighted by Crippen LogP contribution is -2.65. The predicted molar refractivity (Wildman–Crippen MR) is 89.6 cm³/mol. The molecule has 0 bridgehead atoms. The summed E-state index contributed by atoms with van der Waals surface area (Å²) in [7, 11) is 1.40. The number of aliphatic hydroxyl groups is 7. The SMILES string of the molecule is CNC(=O)C(C)C1O[C@H](CO)[C@@H](OC2O[C@H](CO)[C@H](O)[C@H](O)[C@H]2O)[C@H](O)[C@H]1O. The largest absolute Gasteiger partial charge is 0.394 e. The maximum Gasteiger partial charge on any atom is 0.225 e. The maximum atomic E-state index is 11.8. The maximum absolute atomic E-state index is 11.8. The van der Waals surface area contributed by atoms with Gasteiger partial charge in [-0.05, 0) is 0 Å². The van der Waals surface area contributed by atoms with Gasteiger partial charge in [-0.15, -0.1) is 0 Å². The van der Waals surface area contributed by atoms with E-state index in [0.717, 1.165) is 0 Å². The van der Waals surface area contributed by atoms with E-state index in [1.54, 1.807) is 0 Å². The first kappa shape index (κ1) is 23.3. The van der Waals surface area contributed by atoms with Gasteiger partial charge in [0, 0.05) is 7.05 Å². The minimum atomic E-state index is -1.73. The van der Waals surface area contributed by atoms with Gasteiger partial charge < -0.3 is 55.3 Å². The van der Waals surface area contributed by atoms with Gasteiger partial charge in [-0.2, -0.15) is 0 Å². The molecular formula is C16H29NO11. The van der Waals surface area contributed by atoms with Gasteiger partial charge in [0.25, 0.3) is 0 Å². The molecule has 12 heteroatoms. The molecule has 3 unspecified atom stereocenters. The van der Waals surface area contributed by atoms with Crippen molar-refractivity contribution in [3.63, 3.8) is 0 Å². The Morgan fingerprint density at radius 1 is 0.929 bits per heavy atom. The molecule has 2 heterocycles. The summed E-state index contributed by atoms with van der Waals surface area (Å²) in [5, 5.41) is 71.8. The van der Waals surface area contributed by atoms with Crippen molar-refractivity contribution >= 4 is 5.91 Å². The van der Waals surface area contributed by atoms with Crippen LogP contribution in [0.2, 0.25) is 0 Å². The zero-order chi connectivity index (χ0) is 21.2. The summed E-state index contributed by atoms with van der Waals surface area (Å²) >= 11 is 0. The summed E-state index contributed by atoms with van der Waals surface area (Å²) in [6, 6.07) is 0. The minimum Gasteiger partial charge on any atom is -0.394 e. The Bertz CT molecular complexity index is 519. The van der Waals surface area contributed by atoms with Crippen LogP contribution in [-0.2, 0) is 19.0 Å². The van der Waals surface area contributed by atoms with Gasteiger partial charge in [-0.25, -0.2) is 0 Å². The van der Waals surface area contributed by atoms with Crippen LogP contribution in [0.4, 0.5) is 0 Å². The topological polar surface area (TPSA) is 198 Å². The zero-order valence-electron chi connectivity index (χ0n) is 15.5. The summed E-state index contributed by atoms with van der Waals surface area (Å²) in [5.74, 6) is -1.29. The lowest BCUT2D eigenvalue weighted by atomic mass is 9.88. The number of carbonyl (C=O) groups is 1. The fourth-order valence-corrected chi connectivity index (χ4v) is 3.41. The van der Waals surface area contributed by atoms with Crippen LogP contribution in [0.15, 0.2) is 0 Å². The van der Waals surface area contributed by atoms with Gasteiger partial charge in [0.1, 0.15) is 48.8 Å². The third-order valence-electron chi connectivity index (χ3n) is 5.19. The third-order valence-corrected chi connectivity index (χ3v) is 5.19. The fraction of sp³-hybridized carbons (Fsp3) is 0.938. The highest BCUT2D eigenvalue weighted by Crippen LogP contribution is 2.31. The molecule has 11 atom stereocenters. The van der Waals surface area contributed by atoms with Gasteiger partial charge in [0.15, 0.2) is 6.29 Å². The molecule has 12 nitrogen and oxygen atoms in total. The molecule has 2 aliphatic heterocycles. The highest BCUT2D eigenvalue weighted by Gasteiger charge is 2.51. The number of nitrogens with one attached hydrogen (secondary N) is 1. The molecule has 0 aromatic rings. The molecule has 0 aliphatic carbocycles. The molecule has 8 N–H and O–H groups in total. The van der Waals surface area contributed by atoms with E-state index < -0.39 is 86.3 Å². The van der Waals surface area contributed by atoms with E-state index in [2.05, 4.69) is 5.32 Å². The number of rotatable bonds is 6. The number of carbonyl (C=O) groups excluding carboxylic acids is 1. The second kappa shape index (κ2) is 9.71. The van der Waals surface area contributed by atoms with Gasteiger partial charge in [-0.3, -0.25) is 4.79 Å². The van der Waals surface area contributed by atoms with Crippen molar-refractivity contribution in [2.24, 2.45) is 5.92 Å². The summed E-state index contributed by atoms with van der Waals surface area (Å²) in [5.41, 5.74) is 0. The number of ether oxygens (including phenoxy) is 3. The summed E-state index contributed by atoms with van der Waals surface area (Å²) in [6.07, 6.45) is -14.8. The van der Waals surface area contributed by atoms with Gasteiger partial charge in [0.05, 0.1) is 25.2 Å². The number of hydrogen-bond donors (Lipinski definition) is 8. The van der Waals surface area contributed by atoms with Gasteiger partial charge >= 0.3 is 0 Å². The van der Waals surface area contributed by atoms with Crippen LogP contribution >= 0.6 is 0 Å². The molecule has 0 radical (unpaired) electrons. The number of hydrogen-bond acceptors (Lipinski definition) is 11. The monoisotopic (exact) mass is 411 g/mol. The minimum absolute atomic E-state index is 0.443. The van der Waals surface area contributed by atoms with Crippen molar-refractivity contribution in [2.75, 3.05) is 20.3 Å². The first-order valence-electron chi connectivity index (χ1n) is 8.97. The molecule has 0 aromatic heterocycles. The smallest absolute Gasteiger partial charge is 0.225 e. The van der Waals surface area contributed by atoms with Gasteiger partial charge in [0.2, 0.25) is 5.91 Å². The van der Waals surface area contributed by atoms with Crippen LogP contribution in [0.1, 0.15) is 6.92 Å². The van der Waals surface area contributed by atoms with Crippen molar-refractivity contribution in [3.05, 3.63) is 0 Å². The van der Waals surface area contributed by atoms with Crippen molar-refractivity contribution in [3.8, 4) is 0 Å². The molecule has 164 valence electrons. The van der Waals surface area contributed by atoms with Crippen LogP contribution < -0.4 is 5.32 Å². The first-order chi connectivity index (χ1) is 13.2. The zero-order valence-corrected chi connectivity index (χ0v) is 15.5. The molecule has 2 fully saturated rings. The fourth-order valence-electron chi connectivity index (χ4n) is 3.41. The van der Waals surface area contributed by atoms with Crippen molar-refractivity contribution in [2.45, 2.75) is 68.1 Å². The Kier molecular flexibility index (Phi) is 8.10. The lowest BCUT2D eigenvalue weighted by molar-refractivity contribution is -0.343. The van der Waals surface area contributed by atoms with Crippen LogP contribution in [0.5, 0.6) is 0 Å². The molecule has 2 rings (SSSR count). The Labute approximate surface area is 161 Å². The summed E-state index contributed by atoms with van der Waals surface area (Å²) < 4.78 is 16.2. The summed E-state index contributed by atoms with van der Waals surface area (Å²) in [6.45, 7) is 0.155. The lowest BCUT2D eigenvalue weighted by Gasteiger charge is -2.47. The number of aliphatic hydroxyl groups excluding tert-OH is 7. The molecule has 28 heavy (non-hydrogen) atoms. The second-order valence-electron chi connectivity index (χ2n) is 7.00. The van der Waals surface area contributed by atoms with Crippen molar-refractivity contribution in [1.29, 1.82) is 0 Å². The molecule has 2 aliphatic rings. The molecule has 0 spiro atoms. The Morgan fingerprint density at radius 3 is 2.07 bits per heavy atom. The molecule has 0 saturated carbocycles. The Morgan fingerprint density at radius 2 is 1.54 bits per heavy atom. The van der Waals surface area contributed by atoms with E-state index in [-0.39, 0.29) is 0 Å². The normalized spacial score (nSPS) is 45.5. The average molecular weight is 411 g/mol. The quantitative estimate of drug-likeness (QED) is 0.208. The van der Waals surface area contributed by atoms with Crippen molar-refractivity contribution < 1.29 is 54.8 Å². The van der Waals surface area contributed by atoms with E-state index in [4.69, 9.17) is 14.2 Å². The van der Waals surface area contributed by atoms with E-state index in [1.165, 1.54) is 14.0 Å². The van der Waals surface area contributed by atoms with Crippen LogP contribution in [0, 0.1) is 5.92 Å². The van der Waals surface area contributed by atoms with Crippen molar-refractivity contribution in [1.82, 2.24) is 5.32 Å². The first-order valence-corrected chi connectivity index (χ1v) is 8.97. The van der Waals surface area contributed by atoms with Gasteiger partial charge in [-0.1, -0.05) is 6.92 Å². The van der Waals surface area contributed by atoms with Crippen LogP contribution in [0.3, 0.4) is 0 Å². The molecular weight excluding hydrogens is 382 g/mol. The number of amides is 1. The molecule has 2 saturated heterocycles. The molecule has 1 amide bonds. The van der Waals surface area contributed by atoms with Crippen LogP contribution in [-0.4, -0.2) is 123 Å². The Hall–Kier alpha value is -0.930. The highest BCUT2D eigenvalue weighted by molar-refractivity contribution is 5.78. The third kappa shape index (κ3) is 4.46. The average Bonchev–Trinajstić information content (AvgIpc) is 2.70. The second-order valence-corrected chi connectivity index (χ2v) is 7.00. The van der Waals surface area contributed by atoms with Crippen LogP contribution in [0.25, 0.3) is 0 Å².